The van der Waals surface area contributed by atoms with E-state index in [2.05, 4.69) is 11.8 Å². The number of hydrogen-bond donors (Lipinski definition) is 1. The maximum Gasteiger partial charge on any atom is 0.0594 e. The molecule has 96 valence electrons. The van der Waals surface area contributed by atoms with Gasteiger partial charge in [-0.15, -0.1) is 0 Å². The topological polar surface area (TPSA) is 32.7 Å². The molecule has 3 heteroatoms. The Morgan fingerprint density at radius 1 is 1.12 bits per heavy atom. The largest absolute Gasteiger partial charge is 0.393 e. The number of ether oxygens (including phenoxy) is 1. The van der Waals surface area contributed by atoms with Crippen molar-refractivity contribution in [1.29, 1.82) is 0 Å². The zero-order valence-electron chi connectivity index (χ0n) is 10.7. The van der Waals surface area contributed by atoms with Crippen LogP contribution in [0.4, 0.5) is 0 Å². The molecule has 16 heavy (non-hydrogen) atoms. The lowest BCUT2D eigenvalue weighted by Gasteiger charge is -2.26. The summed E-state index contributed by atoms with van der Waals surface area (Å²) in [5.74, 6) is 0. The van der Waals surface area contributed by atoms with Crippen molar-refractivity contribution < 1.29 is 9.84 Å². The van der Waals surface area contributed by atoms with Crippen molar-refractivity contribution in [3.8, 4) is 0 Å². The van der Waals surface area contributed by atoms with Crippen LogP contribution in [0.15, 0.2) is 0 Å². The van der Waals surface area contributed by atoms with E-state index in [9.17, 15) is 5.11 Å². The third kappa shape index (κ3) is 6.46. The monoisotopic (exact) mass is 229 g/mol. The first-order valence-electron chi connectivity index (χ1n) is 6.81. The average molecular weight is 229 g/mol. The van der Waals surface area contributed by atoms with Crippen LogP contribution in [-0.4, -0.2) is 49.0 Å². The molecule has 1 heterocycles. The van der Waals surface area contributed by atoms with Crippen LogP contribution in [-0.2, 0) is 4.74 Å². The summed E-state index contributed by atoms with van der Waals surface area (Å²) in [4.78, 5) is 2.48. The first-order valence-corrected chi connectivity index (χ1v) is 6.81. The molecule has 1 fully saturated rings. The third-order valence-corrected chi connectivity index (χ3v) is 3.24. The normalized spacial score (nSPS) is 19.9. The fourth-order valence-corrected chi connectivity index (χ4v) is 2.19. The molecule has 1 unspecified atom stereocenters. The standard InChI is InChI=1S/C13H27NO2/c1-2-6-13(15)7-4-3-5-8-14-9-11-16-12-10-14/h13,15H,2-12H2,1H3. The zero-order chi connectivity index (χ0) is 11.6. The maximum atomic E-state index is 9.57. The molecule has 0 aromatic rings. The Morgan fingerprint density at radius 3 is 2.56 bits per heavy atom. The Morgan fingerprint density at radius 2 is 1.88 bits per heavy atom. The van der Waals surface area contributed by atoms with Crippen LogP contribution < -0.4 is 0 Å². The highest BCUT2D eigenvalue weighted by Gasteiger charge is 2.09. The van der Waals surface area contributed by atoms with Gasteiger partial charge in [0.1, 0.15) is 0 Å². The molecule has 0 aromatic carbocycles. The SMILES string of the molecule is CCCC(O)CCCCCN1CCOCC1. The molecule has 1 aliphatic rings. The molecule has 3 nitrogen and oxygen atoms in total. The van der Waals surface area contributed by atoms with Gasteiger partial charge < -0.3 is 9.84 Å². The highest BCUT2D eigenvalue weighted by molar-refractivity contribution is 4.62. The molecular formula is C13H27NO2. The van der Waals surface area contributed by atoms with E-state index in [1.165, 1.54) is 25.8 Å². The summed E-state index contributed by atoms with van der Waals surface area (Å²) in [6.07, 6.45) is 6.66. The lowest BCUT2D eigenvalue weighted by molar-refractivity contribution is 0.0370. The van der Waals surface area contributed by atoms with E-state index in [0.717, 1.165) is 45.6 Å². The number of aliphatic hydroxyl groups is 1. The van der Waals surface area contributed by atoms with Gasteiger partial charge in [0, 0.05) is 13.1 Å². The van der Waals surface area contributed by atoms with Gasteiger partial charge in [-0.05, 0) is 25.8 Å². The van der Waals surface area contributed by atoms with Gasteiger partial charge in [0.15, 0.2) is 0 Å². The first kappa shape index (κ1) is 13.9. The van der Waals surface area contributed by atoms with E-state index < -0.39 is 0 Å². The summed E-state index contributed by atoms with van der Waals surface area (Å²) in [5, 5.41) is 9.57. The fourth-order valence-electron chi connectivity index (χ4n) is 2.19. The predicted octanol–water partition coefficient (Wildman–Crippen LogP) is 2.04. The van der Waals surface area contributed by atoms with E-state index >= 15 is 0 Å². The van der Waals surface area contributed by atoms with Crippen molar-refractivity contribution >= 4 is 0 Å². The molecule has 0 aliphatic carbocycles. The van der Waals surface area contributed by atoms with Crippen molar-refractivity contribution in [3.05, 3.63) is 0 Å². The Kier molecular flexibility index (Phi) is 7.81. The van der Waals surface area contributed by atoms with E-state index in [-0.39, 0.29) is 6.10 Å². The highest BCUT2D eigenvalue weighted by Crippen LogP contribution is 2.09. The minimum atomic E-state index is -0.0617. The van der Waals surface area contributed by atoms with Gasteiger partial charge in [-0.25, -0.2) is 0 Å². The minimum Gasteiger partial charge on any atom is -0.393 e. The third-order valence-electron chi connectivity index (χ3n) is 3.24. The number of rotatable bonds is 8. The molecule has 0 spiro atoms. The van der Waals surface area contributed by atoms with Gasteiger partial charge in [0.25, 0.3) is 0 Å². The molecule has 0 radical (unpaired) electrons. The van der Waals surface area contributed by atoms with Crippen LogP contribution in [0, 0.1) is 0 Å². The van der Waals surface area contributed by atoms with Gasteiger partial charge in [0.05, 0.1) is 19.3 Å². The second-order valence-corrected chi connectivity index (χ2v) is 4.75. The second-order valence-electron chi connectivity index (χ2n) is 4.75. The smallest absolute Gasteiger partial charge is 0.0594 e. The molecule has 1 atom stereocenters. The summed E-state index contributed by atoms with van der Waals surface area (Å²) >= 11 is 0. The lowest BCUT2D eigenvalue weighted by atomic mass is 10.1. The molecular weight excluding hydrogens is 202 g/mol. The number of morpholine rings is 1. The van der Waals surface area contributed by atoms with E-state index in [4.69, 9.17) is 4.74 Å². The number of hydrogen-bond acceptors (Lipinski definition) is 3. The number of nitrogens with zero attached hydrogens (tertiary/aromatic N) is 1. The van der Waals surface area contributed by atoms with Crippen molar-refractivity contribution in [3.63, 3.8) is 0 Å². The molecule has 1 rings (SSSR count). The van der Waals surface area contributed by atoms with E-state index in [1.54, 1.807) is 0 Å². The van der Waals surface area contributed by atoms with Crippen LogP contribution in [0.2, 0.25) is 0 Å². The van der Waals surface area contributed by atoms with Crippen molar-refractivity contribution in [2.75, 3.05) is 32.8 Å². The van der Waals surface area contributed by atoms with Crippen LogP contribution in [0.1, 0.15) is 45.4 Å². The minimum absolute atomic E-state index is 0.0617. The molecule has 0 aromatic heterocycles. The predicted molar refractivity (Wildman–Crippen MR) is 66.6 cm³/mol. The Bertz CT molecular complexity index is 158. The highest BCUT2D eigenvalue weighted by atomic mass is 16.5. The lowest BCUT2D eigenvalue weighted by Crippen LogP contribution is -2.36. The molecule has 1 saturated heterocycles. The van der Waals surface area contributed by atoms with Crippen LogP contribution in [0.5, 0.6) is 0 Å². The van der Waals surface area contributed by atoms with Gasteiger partial charge in [-0.1, -0.05) is 26.2 Å². The molecule has 0 saturated carbocycles. The molecule has 0 amide bonds. The van der Waals surface area contributed by atoms with Crippen LogP contribution in [0.25, 0.3) is 0 Å². The fraction of sp³-hybridized carbons (Fsp3) is 1.00. The van der Waals surface area contributed by atoms with Crippen molar-refractivity contribution in [1.82, 2.24) is 4.90 Å². The first-order chi connectivity index (χ1) is 7.83. The summed E-state index contributed by atoms with van der Waals surface area (Å²) in [6, 6.07) is 0. The molecule has 1 N–H and O–H groups in total. The van der Waals surface area contributed by atoms with Crippen molar-refractivity contribution in [2.45, 2.75) is 51.6 Å². The summed E-state index contributed by atoms with van der Waals surface area (Å²) in [5.41, 5.74) is 0. The van der Waals surface area contributed by atoms with E-state index in [0.29, 0.717) is 0 Å². The quantitative estimate of drug-likeness (QED) is 0.647. The van der Waals surface area contributed by atoms with Crippen LogP contribution in [0.3, 0.4) is 0 Å². The van der Waals surface area contributed by atoms with Gasteiger partial charge in [0.2, 0.25) is 0 Å². The Labute approximate surface area is 99.8 Å². The van der Waals surface area contributed by atoms with Crippen molar-refractivity contribution in [2.24, 2.45) is 0 Å². The summed E-state index contributed by atoms with van der Waals surface area (Å²) < 4.78 is 5.31. The van der Waals surface area contributed by atoms with Gasteiger partial charge >= 0.3 is 0 Å². The summed E-state index contributed by atoms with van der Waals surface area (Å²) in [7, 11) is 0. The number of unbranched alkanes of at least 4 members (excludes halogenated alkanes) is 2. The van der Waals surface area contributed by atoms with E-state index in [1.807, 2.05) is 0 Å². The second kappa shape index (κ2) is 8.97. The van der Waals surface area contributed by atoms with Gasteiger partial charge in [-0.2, -0.15) is 0 Å². The Balaban J connectivity index is 1.87. The van der Waals surface area contributed by atoms with Gasteiger partial charge in [-0.3, -0.25) is 4.90 Å². The number of aliphatic hydroxyl groups excluding tert-OH is 1. The van der Waals surface area contributed by atoms with Crippen LogP contribution >= 0.6 is 0 Å². The maximum absolute atomic E-state index is 9.57. The molecule has 1 aliphatic heterocycles. The average Bonchev–Trinajstić information content (AvgIpc) is 2.30. The Hall–Kier alpha value is -0.120. The molecule has 0 bridgehead atoms. The zero-order valence-corrected chi connectivity index (χ0v) is 10.7. The summed E-state index contributed by atoms with van der Waals surface area (Å²) in [6.45, 7) is 7.32.